The SMILES string of the molecule is CC(=O)c1ccc(N(c2ccc(C(=O)c3ccccc3)cc2)c2ccc(C(C)=O)c3ccccc23)cc1. The molecule has 0 radical (unpaired) electrons. The zero-order valence-corrected chi connectivity index (χ0v) is 20.6. The molecule has 0 aliphatic heterocycles. The Morgan fingerprint density at radius 2 is 1.00 bits per heavy atom. The predicted octanol–water partition coefficient (Wildman–Crippen LogP) is 7.95. The van der Waals surface area contributed by atoms with Gasteiger partial charge < -0.3 is 4.90 Å². The van der Waals surface area contributed by atoms with Crippen LogP contribution in [0.2, 0.25) is 0 Å². The standard InChI is InChI=1S/C33H25NO3/c1-22(35)24-12-16-27(17-13-24)34(32-21-20-29(23(2)36)30-10-6-7-11-31(30)32)28-18-14-26(15-19-28)33(37)25-8-4-3-5-9-25/h3-21H,1-2H3. The van der Waals surface area contributed by atoms with Crippen LogP contribution < -0.4 is 4.90 Å². The third-order valence-corrected chi connectivity index (χ3v) is 6.48. The fraction of sp³-hybridized carbons (Fsp3) is 0.0606. The Hall–Kier alpha value is -4.83. The average Bonchev–Trinajstić information content (AvgIpc) is 2.94. The van der Waals surface area contributed by atoms with Crippen LogP contribution in [0.15, 0.2) is 115 Å². The molecule has 0 heterocycles. The predicted molar refractivity (Wildman–Crippen MR) is 149 cm³/mol. The molecule has 180 valence electrons. The molecule has 0 atom stereocenters. The summed E-state index contributed by atoms with van der Waals surface area (Å²) in [6, 6.07) is 35.8. The van der Waals surface area contributed by atoms with E-state index in [1.807, 2.05) is 115 Å². The van der Waals surface area contributed by atoms with Crippen molar-refractivity contribution in [2.75, 3.05) is 4.90 Å². The number of ketones is 3. The van der Waals surface area contributed by atoms with E-state index >= 15 is 0 Å². The van der Waals surface area contributed by atoms with Crippen molar-refractivity contribution in [3.63, 3.8) is 0 Å². The molecule has 5 rings (SSSR count). The van der Waals surface area contributed by atoms with Crippen molar-refractivity contribution in [2.24, 2.45) is 0 Å². The number of anilines is 3. The lowest BCUT2D eigenvalue weighted by Gasteiger charge is -2.27. The second-order valence-corrected chi connectivity index (χ2v) is 8.91. The van der Waals surface area contributed by atoms with Crippen molar-refractivity contribution in [3.8, 4) is 0 Å². The van der Waals surface area contributed by atoms with Gasteiger partial charge in [-0.15, -0.1) is 0 Å². The first-order valence-corrected chi connectivity index (χ1v) is 12.1. The summed E-state index contributed by atoms with van der Waals surface area (Å²) in [5.41, 5.74) is 5.11. The van der Waals surface area contributed by atoms with Crippen LogP contribution in [0.25, 0.3) is 10.8 Å². The van der Waals surface area contributed by atoms with E-state index < -0.39 is 0 Å². The summed E-state index contributed by atoms with van der Waals surface area (Å²) in [5.74, 6) is -0.0391. The minimum atomic E-state index is -0.0410. The molecule has 0 fully saturated rings. The Morgan fingerprint density at radius 3 is 1.57 bits per heavy atom. The highest BCUT2D eigenvalue weighted by atomic mass is 16.1. The van der Waals surface area contributed by atoms with Gasteiger partial charge in [-0.1, -0.05) is 54.6 Å². The third kappa shape index (κ3) is 4.69. The number of fused-ring (bicyclic) bond motifs is 1. The van der Waals surface area contributed by atoms with E-state index in [2.05, 4.69) is 4.90 Å². The molecule has 0 N–H and O–H groups in total. The first-order chi connectivity index (χ1) is 17.9. The van der Waals surface area contributed by atoms with Gasteiger partial charge in [-0.2, -0.15) is 0 Å². The third-order valence-electron chi connectivity index (χ3n) is 6.48. The van der Waals surface area contributed by atoms with Gasteiger partial charge in [0.1, 0.15) is 0 Å². The molecular weight excluding hydrogens is 458 g/mol. The van der Waals surface area contributed by atoms with E-state index in [1.54, 1.807) is 13.8 Å². The number of carbonyl (C=O) groups is 3. The molecule has 0 aromatic heterocycles. The average molecular weight is 484 g/mol. The van der Waals surface area contributed by atoms with Crippen LogP contribution in [0.1, 0.15) is 50.5 Å². The highest BCUT2D eigenvalue weighted by molar-refractivity contribution is 6.12. The van der Waals surface area contributed by atoms with Crippen molar-refractivity contribution >= 4 is 45.2 Å². The number of hydrogen-bond acceptors (Lipinski definition) is 4. The molecule has 37 heavy (non-hydrogen) atoms. The summed E-state index contributed by atoms with van der Waals surface area (Å²) >= 11 is 0. The van der Waals surface area contributed by atoms with Crippen molar-refractivity contribution in [2.45, 2.75) is 13.8 Å². The van der Waals surface area contributed by atoms with Gasteiger partial charge in [-0.3, -0.25) is 14.4 Å². The highest BCUT2D eigenvalue weighted by Gasteiger charge is 2.19. The summed E-state index contributed by atoms with van der Waals surface area (Å²) in [7, 11) is 0. The molecule has 0 aliphatic rings. The fourth-order valence-electron chi connectivity index (χ4n) is 4.58. The summed E-state index contributed by atoms with van der Waals surface area (Å²) < 4.78 is 0. The summed E-state index contributed by atoms with van der Waals surface area (Å²) in [5, 5.41) is 1.80. The maximum Gasteiger partial charge on any atom is 0.193 e. The van der Waals surface area contributed by atoms with Gasteiger partial charge >= 0.3 is 0 Å². The van der Waals surface area contributed by atoms with Crippen LogP contribution >= 0.6 is 0 Å². The van der Waals surface area contributed by atoms with Gasteiger partial charge in [0.15, 0.2) is 17.3 Å². The Kier molecular flexibility index (Phi) is 6.48. The monoisotopic (exact) mass is 483 g/mol. The first kappa shape index (κ1) is 23.9. The lowest BCUT2D eigenvalue weighted by molar-refractivity contribution is 0.101. The van der Waals surface area contributed by atoms with Crippen LogP contribution in [-0.2, 0) is 0 Å². The van der Waals surface area contributed by atoms with E-state index in [-0.39, 0.29) is 17.3 Å². The zero-order chi connectivity index (χ0) is 25.9. The van der Waals surface area contributed by atoms with Crippen LogP contribution in [0.4, 0.5) is 17.1 Å². The smallest absolute Gasteiger partial charge is 0.193 e. The molecule has 0 unspecified atom stereocenters. The summed E-state index contributed by atoms with van der Waals surface area (Å²) in [6.07, 6.45) is 0. The lowest BCUT2D eigenvalue weighted by Crippen LogP contribution is -2.12. The molecule has 5 aromatic rings. The van der Waals surface area contributed by atoms with Gasteiger partial charge in [0.05, 0.1) is 5.69 Å². The van der Waals surface area contributed by atoms with Crippen LogP contribution in [0, 0.1) is 0 Å². The van der Waals surface area contributed by atoms with Gasteiger partial charge in [0.2, 0.25) is 0 Å². The Morgan fingerprint density at radius 1 is 0.486 bits per heavy atom. The Bertz CT molecular complexity index is 1620. The van der Waals surface area contributed by atoms with Crippen LogP contribution in [0.5, 0.6) is 0 Å². The maximum absolute atomic E-state index is 13.0. The van der Waals surface area contributed by atoms with Crippen molar-refractivity contribution in [1.82, 2.24) is 0 Å². The van der Waals surface area contributed by atoms with Crippen molar-refractivity contribution in [1.29, 1.82) is 0 Å². The largest absolute Gasteiger partial charge is 0.310 e. The number of carbonyl (C=O) groups excluding carboxylic acids is 3. The minimum absolute atomic E-state index is 0.00172. The number of rotatable bonds is 7. The molecule has 4 heteroatoms. The molecule has 0 saturated heterocycles. The Balaban J connectivity index is 1.65. The first-order valence-electron chi connectivity index (χ1n) is 12.1. The van der Waals surface area contributed by atoms with Crippen molar-refractivity contribution < 1.29 is 14.4 Å². The zero-order valence-electron chi connectivity index (χ0n) is 20.6. The number of Topliss-reactive ketones (excluding diaryl/α,β-unsaturated/α-hetero) is 2. The molecule has 0 aliphatic carbocycles. The normalized spacial score (nSPS) is 10.8. The van der Waals surface area contributed by atoms with E-state index in [1.165, 1.54) is 0 Å². The quantitative estimate of drug-likeness (QED) is 0.220. The van der Waals surface area contributed by atoms with E-state index in [9.17, 15) is 14.4 Å². The number of hydrogen-bond donors (Lipinski definition) is 0. The molecular formula is C33H25NO3. The number of benzene rings is 5. The van der Waals surface area contributed by atoms with Gasteiger partial charge in [-0.25, -0.2) is 0 Å². The van der Waals surface area contributed by atoms with E-state index in [0.717, 1.165) is 27.8 Å². The van der Waals surface area contributed by atoms with Crippen LogP contribution in [0.3, 0.4) is 0 Å². The van der Waals surface area contributed by atoms with Crippen molar-refractivity contribution in [3.05, 3.63) is 138 Å². The summed E-state index contributed by atoms with van der Waals surface area (Å²) in [4.78, 5) is 39.2. The molecule has 0 saturated carbocycles. The Labute approximate surface area is 215 Å². The second kappa shape index (κ2) is 10.0. The lowest BCUT2D eigenvalue weighted by atomic mass is 9.98. The number of nitrogens with zero attached hydrogens (tertiary/aromatic N) is 1. The van der Waals surface area contributed by atoms with Crippen LogP contribution in [-0.4, -0.2) is 17.3 Å². The van der Waals surface area contributed by atoms with E-state index in [0.29, 0.717) is 22.3 Å². The molecule has 0 bridgehead atoms. The summed E-state index contributed by atoms with van der Waals surface area (Å²) in [6.45, 7) is 3.12. The molecule has 4 nitrogen and oxygen atoms in total. The maximum atomic E-state index is 13.0. The highest BCUT2D eigenvalue weighted by Crippen LogP contribution is 2.40. The molecule has 0 amide bonds. The van der Waals surface area contributed by atoms with Gasteiger partial charge in [0, 0.05) is 39.0 Å². The molecule has 0 spiro atoms. The second-order valence-electron chi connectivity index (χ2n) is 8.91. The topological polar surface area (TPSA) is 54.5 Å². The fourth-order valence-corrected chi connectivity index (χ4v) is 4.58. The molecule has 5 aromatic carbocycles. The minimum Gasteiger partial charge on any atom is -0.310 e. The van der Waals surface area contributed by atoms with Gasteiger partial charge in [-0.05, 0) is 79.9 Å². The van der Waals surface area contributed by atoms with E-state index in [4.69, 9.17) is 0 Å². The van der Waals surface area contributed by atoms with Gasteiger partial charge in [0.25, 0.3) is 0 Å².